The highest BCUT2D eigenvalue weighted by Gasteiger charge is 2.01. The second kappa shape index (κ2) is 6.14. The van der Waals surface area contributed by atoms with Crippen molar-refractivity contribution in [1.29, 1.82) is 5.26 Å². The smallest absolute Gasteiger partial charge is 0.101 e. The van der Waals surface area contributed by atoms with Gasteiger partial charge in [-0.3, -0.25) is 0 Å². The van der Waals surface area contributed by atoms with Gasteiger partial charge in [0, 0.05) is 13.1 Å². The Morgan fingerprint density at radius 3 is 2.81 bits per heavy atom. The van der Waals surface area contributed by atoms with Gasteiger partial charge in [-0.05, 0) is 38.2 Å². The Kier molecular flexibility index (Phi) is 4.81. The summed E-state index contributed by atoms with van der Waals surface area (Å²) in [4.78, 5) is 2.23. The van der Waals surface area contributed by atoms with Crippen LogP contribution in [0.15, 0.2) is 18.2 Å². The van der Waals surface area contributed by atoms with Crippen LogP contribution in [0.3, 0.4) is 0 Å². The molecule has 0 aliphatic rings. The second-order valence-electron chi connectivity index (χ2n) is 3.98. The maximum absolute atomic E-state index is 9.00. The molecule has 3 heteroatoms. The van der Waals surface area contributed by atoms with Crippen LogP contribution in [0.4, 0.5) is 5.69 Å². The predicted octanol–water partition coefficient (Wildman–Crippen LogP) is 2.23. The lowest BCUT2D eigenvalue weighted by Crippen LogP contribution is -2.24. The van der Waals surface area contributed by atoms with Crippen molar-refractivity contribution in [3.63, 3.8) is 0 Å². The number of aryl methyl sites for hydroxylation is 1. The van der Waals surface area contributed by atoms with E-state index < -0.39 is 0 Å². The van der Waals surface area contributed by atoms with E-state index in [-0.39, 0.29) is 0 Å². The molecule has 0 unspecified atom stereocenters. The highest BCUT2D eigenvalue weighted by atomic mass is 15.1. The molecule has 1 aromatic carbocycles. The van der Waals surface area contributed by atoms with Crippen molar-refractivity contribution in [3.8, 4) is 6.07 Å². The average molecular weight is 217 g/mol. The Morgan fingerprint density at radius 1 is 1.44 bits per heavy atom. The van der Waals surface area contributed by atoms with Crippen molar-refractivity contribution in [2.45, 2.75) is 13.8 Å². The summed E-state index contributed by atoms with van der Waals surface area (Å²) in [6.07, 6.45) is 0. The molecule has 0 aliphatic carbocycles. The van der Waals surface area contributed by atoms with E-state index in [4.69, 9.17) is 5.26 Å². The minimum Gasteiger partial charge on any atom is -0.383 e. The molecule has 0 heterocycles. The number of likely N-dealkylation sites (N-methyl/N-ethyl adjacent to an activating group) is 1. The Bertz CT molecular complexity index is 379. The van der Waals surface area contributed by atoms with E-state index in [1.165, 1.54) is 0 Å². The summed E-state index contributed by atoms with van der Waals surface area (Å²) >= 11 is 0. The third kappa shape index (κ3) is 3.56. The Labute approximate surface area is 97.7 Å². The molecule has 0 aromatic heterocycles. The van der Waals surface area contributed by atoms with Crippen LogP contribution in [0.5, 0.6) is 0 Å². The fourth-order valence-electron chi connectivity index (χ4n) is 1.44. The number of hydrogen-bond donors (Lipinski definition) is 1. The zero-order valence-electron chi connectivity index (χ0n) is 10.2. The molecule has 0 amide bonds. The van der Waals surface area contributed by atoms with E-state index in [2.05, 4.69) is 30.3 Å². The van der Waals surface area contributed by atoms with Crippen LogP contribution in [-0.4, -0.2) is 31.6 Å². The minimum absolute atomic E-state index is 0.721. The summed E-state index contributed by atoms with van der Waals surface area (Å²) < 4.78 is 0. The number of rotatable bonds is 5. The lowest BCUT2D eigenvalue weighted by molar-refractivity contribution is 0.367. The summed E-state index contributed by atoms with van der Waals surface area (Å²) in [6.45, 7) is 7.01. The molecule has 86 valence electrons. The number of nitriles is 1. The van der Waals surface area contributed by atoms with E-state index in [1.807, 2.05) is 25.1 Å². The first kappa shape index (κ1) is 12.5. The van der Waals surface area contributed by atoms with Crippen LogP contribution in [0.25, 0.3) is 0 Å². The normalized spacial score (nSPS) is 10.2. The van der Waals surface area contributed by atoms with Crippen molar-refractivity contribution < 1.29 is 0 Å². The second-order valence-corrected chi connectivity index (χ2v) is 3.98. The molecule has 0 atom stereocenters. The van der Waals surface area contributed by atoms with Gasteiger partial charge in [0.1, 0.15) is 6.07 Å². The van der Waals surface area contributed by atoms with Crippen LogP contribution >= 0.6 is 0 Å². The van der Waals surface area contributed by atoms with Gasteiger partial charge in [-0.25, -0.2) is 0 Å². The van der Waals surface area contributed by atoms with Gasteiger partial charge < -0.3 is 10.2 Å². The number of nitrogens with zero attached hydrogens (tertiary/aromatic N) is 2. The van der Waals surface area contributed by atoms with E-state index in [0.717, 1.165) is 36.4 Å². The fourth-order valence-corrected chi connectivity index (χ4v) is 1.44. The van der Waals surface area contributed by atoms with Gasteiger partial charge in [-0.15, -0.1) is 0 Å². The lowest BCUT2D eigenvalue weighted by Gasteiger charge is -2.15. The Morgan fingerprint density at radius 2 is 2.19 bits per heavy atom. The van der Waals surface area contributed by atoms with Crippen LogP contribution in [-0.2, 0) is 0 Å². The van der Waals surface area contributed by atoms with Gasteiger partial charge in [0.05, 0.1) is 11.3 Å². The molecular formula is C13H19N3. The van der Waals surface area contributed by atoms with Gasteiger partial charge in [0.25, 0.3) is 0 Å². The molecule has 0 saturated carbocycles. The van der Waals surface area contributed by atoms with Crippen LogP contribution in [0.2, 0.25) is 0 Å². The third-order valence-electron chi connectivity index (χ3n) is 2.64. The quantitative estimate of drug-likeness (QED) is 0.822. The first-order valence-corrected chi connectivity index (χ1v) is 5.60. The summed E-state index contributed by atoms with van der Waals surface area (Å²) in [5.41, 5.74) is 2.77. The topological polar surface area (TPSA) is 39.1 Å². The van der Waals surface area contributed by atoms with Gasteiger partial charge in [-0.1, -0.05) is 13.0 Å². The third-order valence-corrected chi connectivity index (χ3v) is 2.64. The summed E-state index contributed by atoms with van der Waals surface area (Å²) in [5, 5.41) is 12.3. The summed E-state index contributed by atoms with van der Waals surface area (Å²) in [7, 11) is 2.09. The zero-order chi connectivity index (χ0) is 12.0. The molecule has 1 aromatic rings. The molecule has 0 aliphatic heterocycles. The fraction of sp³-hybridized carbons (Fsp3) is 0.462. The Balaban J connectivity index is 2.57. The van der Waals surface area contributed by atoms with Crippen molar-refractivity contribution in [2.24, 2.45) is 0 Å². The maximum Gasteiger partial charge on any atom is 0.101 e. The average Bonchev–Trinajstić information content (AvgIpc) is 2.30. The molecule has 0 radical (unpaired) electrons. The number of benzene rings is 1. The molecule has 0 saturated heterocycles. The molecule has 16 heavy (non-hydrogen) atoms. The number of anilines is 1. The molecule has 0 bridgehead atoms. The molecular weight excluding hydrogens is 198 g/mol. The largest absolute Gasteiger partial charge is 0.383 e. The van der Waals surface area contributed by atoms with Crippen molar-refractivity contribution in [2.75, 3.05) is 32.0 Å². The molecule has 3 nitrogen and oxygen atoms in total. The van der Waals surface area contributed by atoms with Gasteiger partial charge >= 0.3 is 0 Å². The lowest BCUT2D eigenvalue weighted by atomic mass is 10.1. The van der Waals surface area contributed by atoms with Gasteiger partial charge in [0.2, 0.25) is 0 Å². The van der Waals surface area contributed by atoms with Crippen LogP contribution in [0, 0.1) is 18.3 Å². The zero-order valence-corrected chi connectivity index (χ0v) is 10.2. The number of nitrogens with one attached hydrogen (secondary N) is 1. The van der Waals surface area contributed by atoms with E-state index >= 15 is 0 Å². The first-order chi connectivity index (χ1) is 7.67. The highest BCUT2D eigenvalue weighted by Crippen LogP contribution is 2.15. The summed E-state index contributed by atoms with van der Waals surface area (Å²) in [6, 6.07) is 8.11. The monoisotopic (exact) mass is 217 g/mol. The highest BCUT2D eigenvalue weighted by molar-refractivity contribution is 5.58. The molecule has 0 fully saturated rings. The predicted molar refractivity (Wildman–Crippen MR) is 67.6 cm³/mol. The minimum atomic E-state index is 0.721. The van der Waals surface area contributed by atoms with Crippen LogP contribution < -0.4 is 5.32 Å². The van der Waals surface area contributed by atoms with Crippen molar-refractivity contribution in [3.05, 3.63) is 29.3 Å². The van der Waals surface area contributed by atoms with Crippen LogP contribution in [0.1, 0.15) is 18.1 Å². The molecule has 0 spiro atoms. The summed E-state index contributed by atoms with van der Waals surface area (Å²) in [5.74, 6) is 0. The van der Waals surface area contributed by atoms with Crippen molar-refractivity contribution >= 4 is 5.69 Å². The molecule has 1 N–H and O–H groups in total. The number of hydrogen-bond acceptors (Lipinski definition) is 3. The van der Waals surface area contributed by atoms with E-state index in [1.54, 1.807) is 0 Å². The Hall–Kier alpha value is -1.53. The molecule has 1 rings (SSSR count). The van der Waals surface area contributed by atoms with Gasteiger partial charge in [-0.2, -0.15) is 5.26 Å². The van der Waals surface area contributed by atoms with Gasteiger partial charge in [0.15, 0.2) is 0 Å². The first-order valence-electron chi connectivity index (χ1n) is 5.60. The van der Waals surface area contributed by atoms with E-state index in [0.29, 0.717) is 0 Å². The van der Waals surface area contributed by atoms with Crippen molar-refractivity contribution in [1.82, 2.24) is 4.90 Å². The SMILES string of the molecule is CCN(C)CCNc1ccc(C)cc1C#N. The standard InChI is InChI=1S/C13H19N3/c1-4-16(3)8-7-15-13-6-5-11(2)9-12(13)10-14/h5-6,9,15H,4,7-8H2,1-3H3. The van der Waals surface area contributed by atoms with E-state index in [9.17, 15) is 0 Å². The maximum atomic E-state index is 9.00.